The number of aliphatic hydroxyl groups is 1. The van der Waals surface area contributed by atoms with Gasteiger partial charge in [0.2, 0.25) is 5.91 Å². The molecule has 0 saturated carbocycles. The first kappa shape index (κ1) is 16.4. The van der Waals surface area contributed by atoms with E-state index in [0.717, 1.165) is 16.6 Å². The van der Waals surface area contributed by atoms with Gasteiger partial charge in [0.05, 0.1) is 28.1 Å². The van der Waals surface area contributed by atoms with Crippen molar-refractivity contribution in [3.05, 3.63) is 27.4 Å². The van der Waals surface area contributed by atoms with Crippen LogP contribution in [-0.2, 0) is 11.2 Å². The average Bonchev–Trinajstić information content (AvgIpc) is 2.85. The summed E-state index contributed by atoms with van der Waals surface area (Å²) in [7, 11) is 0. The fourth-order valence-electron chi connectivity index (χ4n) is 2.99. The molecule has 1 atom stereocenters. The number of rotatable bonds is 4. The predicted molar refractivity (Wildman–Crippen MR) is 90.6 cm³/mol. The Hall–Kier alpha value is -1.43. The Morgan fingerprint density at radius 1 is 1.43 bits per heavy atom. The summed E-state index contributed by atoms with van der Waals surface area (Å²) < 4.78 is 5.79. The summed E-state index contributed by atoms with van der Waals surface area (Å²) in [4.78, 5) is 15.5. The Morgan fingerprint density at radius 2 is 2.22 bits per heavy atom. The number of carbonyl (C=O) groups is 1. The van der Waals surface area contributed by atoms with Gasteiger partial charge in [0, 0.05) is 43.1 Å². The zero-order valence-electron chi connectivity index (χ0n) is 12.7. The first-order chi connectivity index (χ1) is 11.0. The quantitative estimate of drug-likeness (QED) is 0.737. The molecule has 23 heavy (non-hydrogen) atoms. The van der Waals surface area contributed by atoms with Crippen LogP contribution in [0.4, 0.5) is 0 Å². The highest BCUT2D eigenvalue weighted by Crippen LogP contribution is 2.43. The van der Waals surface area contributed by atoms with E-state index in [-0.39, 0.29) is 18.4 Å². The van der Waals surface area contributed by atoms with E-state index in [9.17, 15) is 4.79 Å². The van der Waals surface area contributed by atoms with Crippen LogP contribution in [-0.4, -0.2) is 35.8 Å². The average molecular weight is 357 g/mol. The van der Waals surface area contributed by atoms with Crippen molar-refractivity contribution in [3.63, 3.8) is 0 Å². The largest absolute Gasteiger partial charge is 0.493 e. The molecule has 0 aliphatic carbocycles. The zero-order chi connectivity index (χ0) is 16.6. The molecule has 2 aromatic rings. The van der Waals surface area contributed by atoms with E-state index in [1.54, 1.807) is 6.07 Å². The number of aliphatic hydroxyl groups excluding tert-OH is 1. The number of aromatic amines is 1. The van der Waals surface area contributed by atoms with Crippen LogP contribution in [0.1, 0.15) is 30.5 Å². The lowest BCUT2D eigenvalue weighted by atomic mass is 9.96. The number of carbonyl (C=O) groups excluding carboxylic acids is 1. The summed E-state index contributed by atoms with van der Waals surface area (Å²) in [6.07, 6.45) is 1.22. The number of fused-ring (bicyclic) bond motifs is 3. The van der Waals surface area contributed by atoms with Gasteiger partial charge in [0.15, 0.2) is 0 Å². The van der Waals surface area contributed by atoms with Crippen LogP contribution in [0, 0.1) is 0 Å². The van der Waals surface area contributed by atoms with E-state index in [1.807, 2.05) is 6.92 Å². The minimum atomic E-state index is -0.307. The van der Waals surface area contributed by atoms with Crippen LogP contribution in [0.2, 0.25) is 10.0 Å². The highest BCUT2D eigenvalue weighted by atomic mass is 35.5. The monoisotopic (exact) mass is 356 g/mol. The van der Waals surface area contributed by atoms with E-state index in [1.165, 1.54) is 0 Å². The van der Waals surface area contributed by atoms with Crippen molar-refractivity contribution in [2.75, 3.05) is 19.8 Å². The number of nitrogens with one attached hydrogen (secondary N) is 2. The predicted octanol–water partition coefficient (Wildman–Crippen LogP) is 3.01. The van der Waals surface area contributed by atoms with Crippen LogP contribution < -0.4 is 10.1 Å². The molecule has 1 aromatic heterocycles. The maximum Gasteiger partial charge on any atom is 0.227 e. The van der Waals surface area contributed by atoms with E-state index in [0.29, 0.717) is 47.3 Å². The summed E-state index contributed by atoms with van der Waals surface area (Å²) in [5, 5.41) is 13.5. The summed E-state index contributed by atoms with van der Waals surface area (Å²) in [5.41, 5.74) is 2.58. The van der Waals surface area contributed by atoms with E-state index in [4.69, 9.17) is 33.0 Å². The zero-order valence-corrected chi connectivity index (χ0v) is 14.2. The van der Waals surface area contributed by atoms with Gasteiger partial charge in [-0.05, 0) is 12.5 Å². The van der Waals surface area contributed by atoms with Crippen LogP contribution in [0.5, 0.6) is 5.75 Å². The van der Waals surface area contributed by atoms with Gasteiger partial charge < -0.3 is 20.1 Å². The van der Waals surface area contributed by atoms with Gasteiger partial charge >= 0.3 is 0 Å². The van der Waals surface area contributed by atoms with Crippen LogP contribution in [0.15, 0.2) is 6.07 Å². The molecule has 0 radical (unpaired) electrons. The van der Waals surface area contributed by atoms with Gasteiger partial charge in [-0.15, -0.1) is 0 Å². The number of amides is 1. The number of ether oxygens (including phenoxy) is 1. The van der Waals surface area contributed by atoms with Gasteiger partial charge in [-0.25, -0.2) is 0 Å². The third-order valence-corrected chi connectivity index (χ3v) is 4.90. The van der Waals surface area contributed by atoms with E-state index >= 15 is 0 Å². The maximum atomic E-state index is 12.2. The standard InChI is InChI=1S/C16H18Cl2N2O3/c1-8-12-10(3-4-19-16(8)22)20-15-13(12)11(23-6-2-5-21)7-9(17)14(15)18/h7-8,20-21H,2-6H2,1H3,(H,19,22)/t8-/m0/s1. The number of aromatic nitrogens is 1. The van der Waals surface area contributed by atoms with Gasteiger partial charge in [-0.3, -0.25) is 4.79 Å². The van der Waals surface area contributed by atoms with Crippen molar-refractivity contribution in [2.45, 2.75) is 25.7 Å². The van der Waals surface area contributed by atoms with Gasteiger partial charge in [0.1, 0.15) is 5.75 Å². The fraction of sp³-hybridized carbons (Fsp3) is 0.438. The molecule has 1 amide bonds. The minimum absolute atomic E-state index is 0.0166. The van der Waals surface area contributed by atoms with Crippen molar-refractivity contribution in [1.29, 1.82) is 0 Å². The smallest absolute Gasteiger partial charge is 0.227 e. The summed E-state index contributed by atoms with van der Waals surface area (Å²) in [6, 6.07) is 1.67. The van der Waals surface area contributed by atoms with Crippen molar-refractivity contribution in [2.24, 2.45) is 0 Å². The van der Waals surface area contributed by atoms with Gasteiger partial charge in [-0.1, -0.05) is 23.2 Å². The second-order valence-corrected chi connectivity index (χ2v) is 6.41. The second-order valence-electron chi connectivity index (χ2n) is 5.63. The molecule has 3 rings (SSSR count). The summed E-state index contributed by atoms with van der Waals surface area (Å²) in [6.45, 7) is 2.86. The highest BCUT2D eigenvalue weighted by Gasteiger charge is 2.29. The topological polar surface area (TPSA) is 74.4 Å². The summed E-state index contributed by atoms with van der Waals surface area (Å²) in [5.74, 6) is 0.262. The van der Waals surface area contributed by atoms with Crippen molar-refractivity contribution >= 4 is 40.0 Å². The molecule has 0 saturated heterocycles. The minimum Gasteiger partial charge on any atom is -0.493 e. The van der Waals surface area contributed by atoms with Crippen molar-refractivity contribution in [3.8, 4) is 5.75 Å². The molecule has 124 valence electrons. The normalized spacial score (nSPS) is 17.7. The molecule has 0 unspecified atom stereocenters. The molecule has 1 aliphatic heterocycles. The Bertz CT molecular complexity index is 758. The van der Waals surface area contributed by atoms with Gasteiger partial charge in [0.25, 0.3) is 0 Å². The van der Waals surface area contributed by atoms with Crippen molar-refractivity contribution < 1.29 is 14.6 Å². The fourth-order valence-corrected chi connectivity index (χ4v) is 3.38. The van der Waals surface area contributed by atoms with E-state index in [2.05, 4.69) is 10.3 Å². The summed E-state index contributed by atoms with van der Waals surface area (Å²) >= 11 is 12.6. The lowest BCUT2D eigenvalue weighted by Crippen LogP contribution is -2.26. The molecule has 3 N–H and O–H groups in total. The Kier molecular flexibility index (Phi) is 4.71. The number of halogens is 2. The van der Waals surface area contributed by atoms with Gasteiger partial charge in [-0.2, -0.15) is 0 Å². The Labute approximate surface area is 143 Å². The third kappa shape index (κ3) is 2.89. The molecule has 0 fully saturated rings. The first-order valence-electron chi connectivity index (χ1n) is 7.58. The Morgan fingerprint density at radius 3 is 2.96 bits per heavy atom. The molecule has 0 bridgehead atoms. The van der Waals surface area contributed by atoms with Crippen molar-refractivity contribution in [1.82, 2.24) is 10.3 Å². The highest BCUT2D eigenvalue weighted by molar-refractivity contribution is 6.45. The number of hydrogen-bond acceptors (Lipinski definition) is 3. The molecule has 0 spiro atoms. The Balaban J connectivity index is 2.20. The molecule has 7 heteroatoms. The second kappa shape index (κ2) is 6.59. The van der Waals surface area contributed by atoms with E-state index < -0.39 is 0 Å². The number of H-pyrrole nitrogens is 1. The third-order valence-electron chi connectivity index (χ3n) is 4.11. The molecular formula is C16H18Cl2N2O3. The molecule has 1 aliphatic rings. The molecule has 2 heterocycles. The van der Waals surface area contributed by atoms with Crippen LogP contribution in [0.3, 0.4) is 0 Å². The SMILES string of the molecule is C[C@@H]1C(=O)NCCc2[nH]c3c(Cl)c(Cl)cc(OCCCO)c3c21. The lowest BCUT2D eigenvalue weighted by molar-refractivity contribution is -0.121. The maximum absolute atomic E-state index is 12.2. The molecule has 5 nitrogen and oxygen atoms in total. The number of hydrogen-bond donors (Lipinski definition) is 3. The van der Waals surface area contributed by atoms with Crippen LogP contribution in [0.25, 0.3) is 10.9 Å². The molecular weight excluding hydrogens is 339 g/mol. The lowest BCUT2D eigenvalue weighted by Gasteiger charge is -2.13. The first-order valence-corrected chi connectivity index (χ1v) is 8.34. The van der Waals surface area contributed by atoms with Crippen LogP contribution >= 0.6 is 23.2 Å². The number of benzene rings is 1. The molecule has 1 aromatic carbocycles.